The number of amides is 1. The van der Waals surface area contributed by atoms with Gasteiger partial charge >= 0.3 is 0 Å². The molecular weight excluding hydrogens is 336 g/mol. The van der Waals surface area contributed by atoms with Crippen LogP contribution in [0.3, 0.4) is 0 Å². The number of fused-ring (bicyclic) bond motifs is 2. The molecule has 1 amide bonds. The van der Waals surface area contributed by atoms with Crippen molar-refractivity contribution >= 4 is 5.91 Å². The van der Waals surface area contributed by atoms with Crippen LogP contribution in [0.5, 0.6) is 0 Å². The first-order valence-electron chi connectivity index (χ1n) is 10.4. The second-order valence-corrected chi connectivity index (χ2v) is 8.51. The van der Waals surface area contributed by atoms with E-state index in [1.807, 2.05) is 6.07 Å². The van der Waals surface area contributed by atoms with Crippen LogP contribution >= 0.6 is 0 Å². The van der Waals surface area contributed by atoms with Gasteiger partial charge in [0.15, 0.2) is 0 Å². The highest BCUT2D eigenvalue weighted by atomic mass is 16.3. The van der Waals surface area contributed by atoms with Crippen molar-refractivity contribution in [3.8, 4) is 0 Å². The summed E-state index contributed by atoms with van der Waals surface area (Å²) in [5, 5.41) is 0. The molecule has 4 heteroatoms. The van der Waals surface area contributed by atoms with Crippen LogP contribution in [0.15, 0.2) is 47.1 Å². The SMILES string of the molecule is O=C(C1CC2(CCN(Cc3ccco3)CC2)c2ccccc21)N1CCCC1. The number of rotatable bonds is 3. The zero-order chi connectivity index (χ0) is 18.3. The van der Waals surface area contributed by atoms with E-state index in [-0.39, 0.29) is 11.3 Å². The highest BCUT2D eigenvalue weighted by molar-refractivity contribution is 5.86. The smallest absolute Gasteiger partial charge is 0.230 e. The lowest BCUT2D eigenvalue weighted by molar-refractivity contribution is -0.132. The van der Waals surface area contributed by atoms with Crippen molar-refractivity contribution in [3.05, 3.63) is 59.5 Å². The Morgan fingerprint density at radius 3 is 2.56 bits per heavy atom. The van der Waals surface area contributed by atoms with Gasteiger partial charge in [0.25, 0.3) is 0 Å². The number of piperidine rings is 1. The molecule has 1 aromatic heterocycles. The van der Waals surface area contributed by atoms with Crippen molar-refractivity contribution in [2.24, 2.45) is 0 Å². The number of carbonyl (C=O) groups is 1. The molecular formula is C23H28N2O2. The van der Waals surface area contributed by atoms with Gasteiger partial charge in [-0.05, 0) is 73.9 Å². The van der Waals surface area contributed by atoms with Gasteiger partial charge in [-0.2, -0.15) is 0 Å². The van der Waals surface area contributed by atoms with Crippen molar-refractivity contribution in [2.45, 2.75) is 50.0 Å². The Kier molecular flexibility index (Phi) is 4.31. The predicted octanol–water partition coefficient (Wildman–Crippen LogP) is 3.92. The van der Waals surface area contributed by atoms with E-state index in [9.17, 15) is 4.79 Å². The van der Waals surface area contributed by atoms with Gasteiger partial charge in [0, 0.05) is 13.1 Å². The molecule has 3 heterocycles. The van der Waals surface area contributed by atoms with Crippen LogP contribution in [0.1, 0.15) is 54.9 Å². The molecule has 5 rings (SSSR count). The Hall–Kier alpha value is -2.07. The van der Waals surface area contributed by atoms with Gasteiger partial charge in [0.1, 0.15) is 5.76 Å². The zero-order valence-electron chi connectivity index (χ0n) is 15.9. The highest BCUT2D eigenvalue weighted by Gasteiger charge is 2.48. The Labute approximate surface area is 161 Å². The molecule has 3 aliphatic rings. The summed E-state index contributed by atoms with van der Waals surface area (Å²) in [4.78, 5) is 17.8. The minimum Gasteiger partial charge on any atom is -0.468 e. The number of hydrogen-bond acceptors (Lipinski definition) is 3. The molecule has 4 nitrogen and oxygen atoms in total. The molecule has 0 N–H and O–H groups in total. The summed E-state index contributed by atoms with van der Waals surface area (Å²) in [5.41, 5.74) is 2.92. The van der Waals surface area contributed by atoms with Gasteiger partial charge in [-0.1, -0.05) is 24.3 Å². The Morgan fingerprint density at radius 2 is 1.81 bits per heavy atom. The van der Waals surface area contributed by atoms with Crippen molar-refractivity contribution in [2.75, 3.05) is 26.2 Å². The Balaban J connectivity index is 1.35. The molecule has 1 aromatic carbocycles. The summed E-state index contributed by atoms with van der Waals surface area (Å²) >= 11 is 0. The van der Waals surface area contributed by atoms with Gasteiger partial charge in [-0.25, -0.2) is 0 Å². The van der Waals surface area contributed by atoms with Crippen LogP contribution < -0.4 is 0 Å². The molecule has 1 spiro atoms. The van der Waals surface area contributed by atoms with Crippen LogP contribution in [-0.2, 0) is 16.8 Å². The topological polar surface area (TPSA) is 36.7 Å². The molecule has 1 aliphatic carbocycles. The summed E-state index contributed by atoms with van der Waals surface area (Å²) in [6.07, 6.45) is 7.34. The molecule has 142 valence electrons. The van der Waals surface area contributed by atoms with E-state index in [2.05, 4.69) is 40.1 Å². The summed E-state index contributed by atoms with van der Waals surface area (Å²) < 4.78 is 5.52. The van der Waals surface area contributed by atoms with E-state index in [1.165, 1.54) is 11.1 Å². The molecule has 2 aromatic rings. The van der Waals surface area contributed by atoms with E-state index in [1.54, 1.807) is 6.26 Å². The fourth-order valence-electron chi connectivity index (χ4n) is 5.51. The van der Waals surface area contributed by atoms with Crippen molar-refractivity contribution < 1.29 is 9.21 Å². The lowest BCUT2D eigenvalue weighted by Crippen LogP contribution is -2.41. The summed E-state index contributed by atoms with van der Waals surface area (Å²) in [6, 6.07) is 12.8. The van der Waals surface area contributed by atoms with E-state index >= 15 is 0 Å². The first-order valence-corrected chi connectivity index (χ1v) is 10.4. The van der Waals surface area contributed by atoms with Crippen LogP contribution in [0.2, 0.25) is 0 Å². The van der Waals surface area contributed by atoms with E-state index < -0.39 is 0 Å². The first-order chi connectivity index (χ1) is 13.3. The minimum atomic E-state index is 0.0657. The molecule has 2 saturated heterocycles. The molecule has 0 saturated carbocycles. The average molecular weight is 364 g/mol. The normalized spacial score (nSPS) is 24.4. The van der Waals surface area contributed by atoms with Gasteiger partial charge in [-0.3, -0.25) is 9.69 Å². The summed E-state index contributed by atoms with van der Waals surface area (Å²) in [7, 11) is 0. The van der Waals surface area contributed by atoms with Crippen LogP contribution in [0, 0.1) is 0 Å². The Bertz CT molecular complexity index is 800. The number of furan rings is 1. The first kappa shape index (κ1) is 17.1. The lowest BCUT2D eigenvalue weighted by Gasteiger charge is -2.40. The quantitative estimate of drug-likeness (QED) is 0.828. The second-order valence-electron chi connectivity index (χ2n) is 8.51. The van der Waals surface area contributed by atoms with Gasteiger partial charge in [0.2, 0.25) is 5.91 Å². The summed E-state index contributed by atoms with van der Waals surface area (Å²) in [5.74, 6) is 1.48. The zero-order valence-corrected chi connectivity index (χ0v) is 15.9. The molecule has 0 bridgehead atoms. The van der Waals surface area contributed by atoms with Crippen molar-refractivity contribution in [3.63, 3.8) is 0 Å². The fraction of sp³-hybridized carbons (Fsp3) is 0.522. The molecule has 2 fully saturated rings. The lowest BCUT2D eigenvalue weighted by atomic mass is 9.73. The van der Waals surface area contributed by atoms with Crippen LogP contribution in [0.4, 0.5) is 0 Å². The van der Waals surface area contributed by atoms with E-state index in [0.29, 0.717) is 5.91 Å². The molecule has 1 atom stereocenters. The molecule has 2 aliphatic heterocycles. The van der Waals surface area contributed by atoms with E-state index in [4.69, 9.17) is 4.42 Å². The van der Waals surface area contributed by atoms with Gasteiger partial charge in [-0.15, -0.1) is 0 Å². The maximum absolute atomic E-state index is 13.2. The second kappa shape index (κ2) is 6.83. The standard InChI is InChI=1S/C23H28N2O2/c26-22(25-11-3-4-12-25)20-16-23(21-8-2-1-7-19(20)21)9-13-24(14-10-23)17-18-6-5-15-27-18/h1-2,5-8,15,20H,3-4,9-14,16-17H2. The number of nitrogens with zero attached hydrogens (tertiary/aromatic N) is 2. The third-order valence-corrected chi connectivity index (χ3v) is 6.99. The average Bonchev–Trinajstić information content (AvgIpc) is 3.45. The van der Waals surface area contributed by atoms with E-state index in [0.717, 1.165) is 70.6 Å². The molecule has 1 unspecified atom stereocenters. The number of carbonyl (C=O) groups excluding carboxylic acids is 1. The minimum absolute atomic E-state index is 0.0657. The number of likely N-dealkylation sites (tertiary alicyclic amines) is 2. The third-order valence-electron chi connectivity index (χ3n) is 6.99. The highest BCUT2D eigenvalue weighted by Crippen LogP contribution is 2.52. The Morgan fingerprint density at radius 1 is 1.04 bits per heavy atom. The predicted molar refractivity (Wildman–Crippen MR) is 105 cm³/mol. The van der Waals surface area contributed by atoms with Crippen molar-refractivity contribution in [1.29, 1.82) is 0 Å². The van der Waals surface area contributed by atoms with Crippen LogP contribution in [0.25, 0.3) is 0 Å². The number of benzene rings is 1. The van der Waals surface area contributed by atoms with Gasteiger partial charge < -0.3 is 9.32 Å². The number of hydrogen-bond donors (Lipinski definition) is 0. The maximum Gasteiger partial charge on any atom is 0.230 e. The summed E-state index contributed by atoms with van der Waals surface area (Å²) in [6.45, 7) is 4.92. The maximum atomic E-state index is 13.2. The largest absolute Gasteiger partial charge is 0.468 e. The van der Waals surface area contributed by atoms with Gasteiger partial charge in [0.05, 0.1) is 18.7 Å². The monoisotopic (exact) mass is 364 g/mol. The third kappa shape index (κ3) is 3.00. The van der Waals surface area contributed by atoms with Crippen molar-refractivity contribution in [1.82, 2.24) is 9.80 Å². The fourth-order valence-corrected chi connectivity index (χ4v) is 5.51. The van der Waals surface area contributed by atoms with Crippen LogP contribution in [-0.4, -0.2) is 41.9 Å². The molecule has 27 heavy (non-hydrogen) atoms. The molecule has 0 radical (unpaired) electrons.